The van der Waals surface area contributed by atoms with Crippen LogP contribution in [0.5, 0.6) is 5.75 Å². The molecule has 172 valence electrons. The number of methoxy groups -OCH3 is 1. The number of carbonyl (C=O) groups is 3. The summed E-state index contributed by atoms with van der Waals surface area (Å²) < 4.78 is 10.9. The molecule has 31 heavy (non-hydrogen) atoms. The van der Waals surface area contributed by atoms with Crippen molar-refractivity contribution in [1.82, 2.24) is 15.5 Å². The third-order valence-corrected chi connectivity index (χ3v) is 5.34. The van der Waals surface area contributed by atoms with Crippen LogP contribution in [0.1, 0.15) is 43.5 Å². The first-order valence-electron chi connectivity index (χ1n) is 10.6. The monoisotopic (exact) mass is 453 g/mol. The maximum atomic E-state index is 12.7. The molecule has 1 aromatic rings. The summed E-state index contributed by atoms with van der Waals surface area (Å²) in [5.41, 5.74) is 0.354. The molecule has 0 aromatic heterocycles. The minimum Gasteiger partial charge on any atom is -0.491 e. The zero-order chi connectivity index (χ0) is 22.8. The van der Waals surface area contributed by atoms with Crippen LogP contribution in [-0.4, -0.2) is 68.6 Å². The highest BCUT2D eigenvalue weighted by Gasteiger charge is 2.23. The van der Waals surface area contributed by atoms with Gasteiger partial charge in [-0.05, 0) is 37.0 Å². The standard InChI is InChI=1S/C22H32ClN3O5/c1-15(2)18-14-31-19-7-6-16(23)12-17(19)22(29)24-9-4-5-10-26(13-20(27)25-18)21(28)8-11-30-3/h6-7,12,15,18H,4-5,8-11,13-14H2,1-3H3,(H,24,29)(H,25,27)/t18-/m0/s1. The van der Waals surface area contributed by atoms with Crippen LogP contribution in [-0.2, 0) is 14.3 Å². The first-order chi connectivity index (χ1) is 14.8. The van der Waals surface area contributed by atoms with Crippen LogP contribution in [0, 0.1) is 5.92 Å². The molecular weight excluding hydrogens is 422 g/mol. The van der Waals surface area contributed by atoms with Crippen molar-refractivity contribution in [2.45, 2.75) is 39.2 Å². The highest BCUT2D eigenvalue weighted by Crippen LogP contribution is 2.23. The van der Waals surface area contributed by atoms with Gasteiger partial charge in [-0.3, -0.25) is 14.4 Å². The lowest BCUT2D eigenvalue weighted by Crippen LogP contribution is -2.48. The maximum absolute atomic E-state index is 12.7. The Bertz CT molecular complexity index is 772. The number of halogens is 1. The summed E-state index contributed by atoms with van der Waals surface area (Å²) in [4.78, 5) is 39.4. The van der Waals surface area contributed by atoms with E-state index in [1.54, 1.807) is 23.1 Å². The molecule has 0 bridgehead atoms. The van der Waals surface area contributed by atoms with E-state index in [1.165, 1.54) is 7.11 Å². The smallest absolute Gasteiger partial charge is 0.255 e. The van der Waals surface area contributed by atoms with Gasteiger partial charge in [-0.2, -0.15) is 0 Å². The predicted octanol–water partition coefficient (Wildman–Crippen LogP) is 2.25. The Morgan fingerprint density at radius 3 is 2.81 bits per heavy atom. The molecule has 2 rings (SSSR count). The SMILES string of the molecule is COCCC(=O)N1CCCCNC(=O)c2cc(Cl)ccc2OC[C@@H](C(C)C)NC(=O)C1. The summed E-state index contributed by atoms with van der Waals surface area (Å²) in [5.74, 6) is -0.154. The van der Waals surface area contributed by atoms with E-state index in [0.29, 0.717) is 48.9 Å². The van der Waals surface area contributed by atoms with Crippen LogP contribution in [0.3, 0.4) is 0 Å². The maximum Gasteiger partial charge on any atom is 0.255 e. The van der Waals surface area contributed by atoms with E-state index in [0.717, 1.165) is 0 Å². The van der Waals surface area contributed by atoms with Crippen molar-refractivity contribution in [3.8, 4) is 5.75 Å². The van der Waals surface area contributed by atoms with Crippen molar-refractivity contribution >= 4 is 29.3 Å². The Morgan fingerprint density at radius 1 is 1.32 bits per heavy atom. The van der Waals surface area contributed by atoms with Gasteiger partial charge < -0.3 is 25.0 Å². The van der Waals surface area contributed by atoms with Crippen molar-refractivity contribution in [3.63, 3.8) is 0 Å². The molecule has 8 nitrogen and oxygen atoms in total. The average Bonchev–Trinajstić information content (AvgIpc) is 2.73. The number of nitrogens with one attached hydrogen (secondary N) is 2. The first kappa shape index (κ1) is 24.9. The van der Waals surface area contributed by atoms with Crippen molar-refractivity contribution in [3.05, 3.63) is 28.8 Å². The number of hydrogen-bond acceptors (Lipinski definition) is 5. The lowest BCUT2D eigenvalue weighted by Gasteiger charge is -2.26. The van der Waals surface area contributed by atoms with Gasteiger partial charge >= 0.3 is 0 Å². The minimum atomic E-state index is -0.292. The zero-order valence-electron chi connectivity index (χ0n) is 18.4. The molecule has 9 heteroatoms. The van der Waals surface area contributed by atoms with Gasteiger partial charge in [0, 0.05) is 25.2 Å². The second-order valence-electron chi connectivity index (χ2n) is 7.89. The van der Waals surface area contributed by atoms with Crippen molar-refractivity contribution < 1.29 is 23.9 Å². The molecule has 1 aromatic carbocycles. The number of fused-ring (bicyclic) bond motifs is 1. The van der Waals surface area contributed by atoms with E-state index in [-0.39, 0.29) is 49.3 Å². The third-order valence-electron chi connectivity index (χ3n) is 5.10. The van der Waals surface area contributed by atoms with Crippen LogP contribution < -0.4 is 15.4 Å². The molecule has 1 atom stereocenters. The largest absolute Gasteiger partial charge is 0.491 e. The molecule has 0 unspecified atom stereocenters. The number of rotatable bonds is 4. The number of amides is 3. The Morgan fingerprint density at radius 2 is 2.10 bits per heavy atom. The molecule has 1 aliphatic heterocycles. The zero-order valence-corrected chi connectivity index (χ0v) is 19.2. The second kappa shape index (κ2) is 12.5. The van der Waals surface area contributed by atoms with Gasteiger partial charge in [-0.1, -0.05) is 25.4 Å². The van der Waals surface area contributed by atoms with Gasteiger partial charge in [-0.25, -0.2) is 0 Å². The number of carbonyl (C=O) groups excluding carboxylic acids is 3. The van der Waals surface area contributed by atoms with E-state index >= 15 is 0 Å². The number of nitrogens with zero attached hydrogens (tertiary/aromatic N) is 1. The van der Waals surface area contributed by atoms with Crippen LogP contribution in [0.4, 0.5) is 0 Å². The van der Waals surface area contributed by atoms with Crippen molar-refractivity contribution in [1.29, 1.82) is 0 Å². The molecule has 0 saturated carbocycles. The Labute approximate surface area is 188 Å². The fraction of sp³-hybridized carbons (Fsp3) is 0.591. The second-order valence-corrected chi connectivity index (χ2v) is 8.33. The van der Waals surface area contributed by atoms with Crippen molar-refractivity contribution in [2.75, 3.05) is 40.0 Å². The van der Waals surface area contributed by atoms with Gasteiger partial charge in [0.05, 0.1) is 31.2 Å². The summed E-state index contributed by atoms with van der Waals surface area (Å²) in [7, 11) is 1.53. The summed E-state index contributed by atoms with van der Waals surface area (Å²) in [6.45, 7) is 5.27. The number of hydrogen-bond donors (Lipinski definition) is 2. The molecule has 0 saturated heterocycles. The van der Waals surface area contributed by atoms with Crippen LogP contribution in [0.25, 0.3) is 0 Å². The van der Waals surface area contributed by atoms with Gasteiger partial charge in [0.2, 0.25) is 11.8 Å². The van der Waals surface area contributed by atoms with Gasteiger partial charge in [0.15, 0.2) is 0 Å². The van der Waals surface area contributed by atoms with E-state index in [4.69, 9.17) is 21.1 Å². The Hall–Kier alpha value is -2.32. The predicted molar refractivity (Wildman–Crippen MR) is 118 cm³/mol. The van der Waals surface area contributed by atoms with Crippen LogP contribution >= 0.6 is 11.6 Å². The minimum absolute atomic E-state index is 0.0235. The fourth-order valence-corrected chi connectivity index (χ4v) is 3.35. The Kier molecular flexibility index (Phi) is 10.1. The lowest BCUT2D eigenvalue weighted by molar-refractivity contribution is -0.137. The molecular formula is C22H32ClN3O5. The molecule has 3 amide bonds. The topological polar surface area (TPSA) is 97.0 Å². The molecule has 0 fully saturated rings. The van der Waals surface area contributed by atoms with Gasteiger partial charge in [-0.15, -0.1) is 0 Å². The van der Waals surface area contributed by atoms with E-state index in [1.807, 2.05) is 13.8 Å². The summed E-state index contributed by atoms with van der Waals surface area (Å²) >= 11 is 6.08. The summed E-state index contributed by atoms with van der Waals surface area (Å²) in [5, 5.41) is 6.28. The number of ether oxygens (including phenoxy) is 2. The van der Waals surface area contributed by atoms with Crippen LogP contribution in [0.15, 0.2) is 18.2 Å². The first-order valence-corrected chi connectivity index (χ1v) is 11.0. The lowest BCUT2D eigenvalue weighted by atomic mass is 10.1. The molecule has 0 aliphatic carbocycles. The van der Waals surface area contributed by atoms with Gasteiger partial charge in [0.1, 0.15) is 12.4 Å². The molecule has 2 N–H and O–H groups in total. The normalized spacial score (nSPS) is 18.9. The average molecular weight is 454 g/mol. The molecule has 1 heterocycles. The summed E-state index contributed by atoms with van der Waals surface area (Å²) in [6, 6.07) is 4.60. The summed E-state index contributed by atoms with van der Waals surface area (Å²) in [6.07, 6.45) is 1.53. The highest BCUT2D eigenvalue weighted by molar-refractivity contribution is 6.31. The third kappa shape index (κ3) is 8.03. The van der Waals surface area contributed by atoms with Gasteiger partial charge in [0.25, 0.3) is 5.91 Å². The fourth-order valence-electron chi connectivity index (χ4n) is 3.18. The van der Waals surface area contributed by atoms with Crippen LogP contribution in [0.2, 0.25) is 5.02 Å². The van der Waals surface area contributed by atoms with E-state index in [9.17, 15) is 14.4 Å². The molecule has 0 radical (unpaired) electrons. The Balaban J connectivity index is 2.21. The molecule has 1 aliphatic rings. The number of benzene rings is 1. The van der Waals surface area contributed by atoms with E-state index in [2.05, 4.69) is 10.6 Å². The quantitative estimate of drug-likeness (QED) is 0.728. The van der Waals surface area contributed by atoms with E-state index < -0.39 is 0 Å². The van der Waals surface area contributed by atoms with Crippen molar-refractivity contribution in [2.24, 2.45) is 5.92 Å². The highest BCUT2D eigenvalue weighted by atomic mass is 35.5. The molecule has 0 spiro atoms.